The van der Waals surface area contributed by atoms with Crippen molar-refractivity contribution in [2.24, 2.45) is 0 Å². The Labute approximate surface area is 150 Å². The van der Waals surface area contributed by atoms with E-state index in [2.05, 4.69) is 89.8 Å². The van der Waals surface area contributed by atoms with Crippen LogP contribution in [0.3, 0.4) is 0 Å². The zero-order valence-corrected chi connectivity index (χ0v) is 15.9. The van der Waals surface area contributed by atoms with Gasteiger partial charge in [-0.25, -0.2) is 0 Å². The van der Waals surface area contributed by atoms with E-state index in [1.54, 1.807) is 0 Å². The van der Waals surface area contributed by atoms with E-state index in [0.29, 0.717) is 17.8 Å². The SMILES string of the molecule is CCCCc1ccc(Nc2nc(NC(C)C)nc(NC(C)C)n2)cc1. The van der Waals surface area contributed by atoms with Crippen molar-refractivity contribution >= 4 is 23.5 Å². The van der Waals surface area contributed by atoms with Crippen LogP contribution in [0, 0.1) is 0 Å². The highest BCUT2D eigenvalue weighted by Crippen LogP contribution is 2.18. The summed E-state index contributed by atoms with van der Waals surface area (Å²) in [6.07, 6.45) is 3.55. The summed E-state index contributed by atoms with van der Waals surface area (Å²) < 4.78 is 0. The minimum atomic E-state index is 0.250. The summed E-state index contributed by atoms with van der Waals surface area (Å²) in [5.74, 6) is 1.66. The molecule has 1 aromatic heterocycles. The average molecular weight is 342 g/mol. The fourth-order valence-corrected chi connectivity index (χ4v) is 2.34. The number of anilines is 4. The number of hydrogen-bond donors (Lipinski definition) is 3. The molecule has 0 amide bonds. The minimum Gasteiger partial charge on any atom is -0.352 e. The van der Waals surface area contributed by atoms with Crippen molar-refractivity contribution in [1.29, 1.82) is 0 Å². The molecular weight excluding hydrogens is 312 g/mol. The van der Waals surface area contributed by atoms with Gasteiger partial charge in [-0.15, -0.1) is 0 Å². The third-order valence-corrected chi connectivity index (χ3v) is 3.50. The minimum absolute atomic E-state index is 0.250. The molecule has 0 bridgehead atoms. The molecule has 0 aliphatic heterocycles. The van der Waals surface area contributed by atoms with E-state index in [0.717, 1.165) is 12.1 Å². The molecule has 6 nitrogen and oxygen atoms in total. The van der Waals surface area contributed by atoms with E-state index in [-0.39, 0.29) is 12.1 Å². The van der Waals surface area contributed by atoms with Gasteiger partial charge in [0.05, 0.1) is 0 Å². The maximum atomic E-state index is 4.46. The zero-order valence-electron chi connectivity index (χ0n) is 15.9. The first-order valence-electron chi connectivity index (χ1n) is 9.11. The van der Waals surface area contributed by atoms with E-state index < -0.39 is 0 Å². The van der Waals surface area contributed by atoms with Crippen LogP contribution >= 0.6 is 0 Å². The van der Waals surface area contributed by atoms with E-state index in [1.165, 1.54) is 18.4 Å². The lowest BCUT2D eigenvalue weighted by Gasteiger charge is -2.14. The van der Waals surface area contributed by atoms with Crippen molar-refractivity contribution in [2.45, 2.75) is 66.0 Å². The number of aryl methyl sites for hydroxylation is 1. The Hall–Kier alpha value is -2.37. The second-order valence-electron chi connectivity index (χ2n) is 6.83. The third-order valence-electron chi connectivity index (χ3n) is 3.50. The fraction of sp³-hybridized carbons (Fsp3) is 0.526. The van der Waals surface area contributed by atoms with Crippen LogP contribution in [0.4, 0.5) is 23.5 Å². The van der Waals surface area contributed by atoms with Crippen molar-refractivity contribution in [3.8, 4) is 0 Å². The Kier molecular flexibility index (Phi) is 6.98. The van der Waals surface area contributed by atoms with Gasteiger partial charge in [-0.05, 0) is 58.2 Å². The standard InChI is InChI=1S/C19H30N6/c1-6-7-8-15-9-11-16(12-10-15)22-19-24-17(20-13(2)3)23-18(25-19)21-14(4)5/h9-14H,6-8H2,1-5H3,(H3,20,21,22,23,24,25). The summed E-state index contributed by atoms with van der Waals surface area (Å²) in [4.78, 5) is 13.3. The summed E-state index contributed by atoms with van der Waals surface area (Å²) in [6, 6.07) is 8.94. The highest BCUT2D eigenvalue weighted by atomic mass is 15.3. The monoisotopic (exact) mass is 342 g/mol. The Morgan fingerprint density at radius 2 is 1.32 bits per heavy atom. The van der Waals surface area contributed by atoms with Gasteiger partial charge in [0.2, 0.25) is 17.8 Å². The first-order chi connectivity index (χ1) is 12.0. The number of unbranched alkanes of at least 4 members (excludes halogenated alkanes) is 1. The largest absolute Gasteiger partial charge is 0.352 e. The molecule has 25 heavy (non-hydrogen) atoms. The molecule has 0 saturated heterocycles. The molecule has 1 aromatic carbocycles. The summed E-state index contributed by atoms with van der Waals surface area (Å²) in [6.45, 7) is 10.4. The first-order valence-corrected chi connectivity index (χ1v) is 9.11. The molecule has 136 valence electrons. The van der Waals surface area contributed by atoms with Crippen LogP contribution in [0.25, 0.3) is 0 Å². The lowest BCUT2D eigenvalue weighted by atomic mass is 10.1. The van der Waals surface area contributed by atoms with Crippen LogP contribution in [-0.4, -0.2) is 27.0 Å². The smallest absolute Gasteiger partial charge is 0.233 e. The van der Waals surface area contributed by atoms with Crippen LogP contribution in [0.2, 0.25) is 0 Å². The lowest BCUT2D eigenvalue weighted by molar-refractivity contribution is 0.795. The van der Waals surface area contributed by atoms with E-state index >= 15 is 0 Å². The summed E-state index contributed by atoms with van der Waals surface area (Å²) >= 11 is 0. The molecule has 0 aliphatic rings. The van der Waals surface area contributed by atoms with Gasteiger partial charge in [-0.1, -0.05) is 25.5 Å². The average Bonchev–Trinajstić information content (AvgIpc) is 2.52. The van der Waals surface area contributed by atoms with E-state index in [4.69, 9.17) is 0 Å². The first kappa shape index (κ1) is 19.0. The van der Waals surface area contributed by atoms with E-state index in [9.17, 15) is 0 Å². The molecule has 0 spiro atoms. The van der Waals surface area contributed by atoms with Crippen LogP contribution < -0.4 is 16.0 Å². The molecule has 0 fully saturated rings. The van der Waals surface area contributed by atoms with Crippen molar-refractivity contribution in [3.05, 3.63) is 29.8 Å². The molecule has 0 saturated carbocycles. The predicted octanol–water partition coefficient (Wildman–Crippen LogP) is 4.60. The predicted molar refractivity (Wildman–Crippen MR) is 106 cm³/mol. The number of aromatic nitrogens is 3. The zero-order chi connectivity index (χ0) is 18.2. The number of nitrogens with zero attached hydrogens (tertiary/aromatic N) is 3. The maximum Gasteiger partial charge on any atom is 0.233 e. The second-order valence-corrected chi connectivity index (χ2v) is 6.83. The van der Waals surface area contributed by atoms with Gasteiger partial charge < -0.3 is 16.0 Å². The molecular formula is C19H30N6. The van der Waals surface area contributed by atoms with Gasteiger partial charge >= 0.3 is 0 Å². The molecule has 6 heteroatoms. The normalized spacial score (nSPS) is 11.0. The molecule has 0 aliphatic carbocycles. The van der Waals surface area contributed by atoms with Crippen LogP contribution in [-0.2, 0) is 6.42 Å². The van der Waals surface area contributed by atoms with Gasteiger partial charge in [0, 0.05) is 17.8 Å². The van der Waals surface area contributed by atoms with Crippen LogP contribution in [0.1, 0.15) is 53.0 Å². The summed E-state index contributed by atoms with van der Waals surface area (Å²) in [7, 11) is 0. The lowest BCUT2D eigenvalue weighted by Crippen LogP contribution is -2.18. The fourth-order valence-electron chi connectivity index (χ4n) is 2.34. The number of benzene rings is 1. The maximum absolute atomic E-state index is 4.46. The van der Waals surface area contributed by atoms with Crippen LogP contribution in [0.5, 0.6) is 0 Å². The third kappa shape index (κ3) is 6.57. The van der Waals surface area contributed by atoms with E-state index in [1.807, 2.05) is 0 Å². The van der Waals surface area contributed by atoms with Crippen molar-refractivity contribution in [2.75, 3.05) is 16.0 Å². The Morgan fingerprint density at radius 3 is 1.80 bits per heavy atom. The summed E-state index contributed by atoms with van der Waals surface area (Å²) in [5, 5.41) is 9.74. The molecule has 3 N–H and O–H groups in total. The van der Waals surface area contributed by atoms with Gasteiger partial charge in [-0.3, -0.25) is 0 Å². The second kappa shape index (κ2) is 9.20. The van der Waals surface area contributed by atoms with Crippen molar-refractivity contribution < 1.29 is 0 Å². The quantitative estimate of drug-likeness (QED) is 0.618. The van der Waals surface area contributed by atoms with Gasteiger partial charge in [0.15, 0.2) is 0 Å². The topological polar surface area (TPSA) is 74.8 Å². The van der Waals surface area contributed by atoms with Gasteiger partial charge in [0.25, 0.3) is 0 Å². The Balaban J connectivity index is 2.16. The van der Waals surface area contributed by atoms with Crippen molar-refractivity contribution in [1.82, 2.24) is 15.0 Å². The summed E-state index contributed by atoms with van der Waals surface area (Å²) in [5.41, 5.74) is 2.32. The number of nitrogens with one attached hydrogen (secondary N) is 3. The molecule has 1 heterocycles. The number of hydrogen-bond acceptors (Lipinski definition) is 6. The molecule has 0 atom stereocenters. The molecule has 2 rings (SSSR count). The molecule has 0 unspecified atom stereocenters. The van der Waals surface area contributed by atoms with Crippen LogP contribution in [0.15, 0.2) is 24.3 Å². The molecule has 0 radical (unpaired) electrons. The molecule has 2 aromatic rings. The number of rotatable bonds is 9. The highest BCUT2D eigenvalue weighted by molar-refractivity contribution is 5.56. The Morgan fingerprint density at radius 1 is 0.800 bits per heavy atom. The Bertz CT molecular complexity index is 623. The van der Waals surface area contributed by atoms with Crippen molar-refractivity contribution in [3.63, 3.8) is 0 Å². The van der Waals surface area contributed by atoms with Gasteiger partial charge in [0.1, 0.15) is 0 Å². The highest BCUT2D eigenvalue weighted by Gasteiger charge is 2.09. The van der Waals surface area contributed by atoms with Gasteiger partial charge in [-0.2, -0.15) is 15.0 Å².